The number of fused-ring (bicyclic) bond motifs is 1. The second kappa shape index (κ2) is 7.33. The molecule has 2 rings (SSSR count). The average Bonchev–Trinajstić information content (AvgIpc) is 2.83. The van der Waals surface area contributed by atoms with Crippen molar-refractivity contribution in [2.75, 3.05) is 26.4 Å². The lowest BCUT2D eigenvalue weighted by atomic mass is 10.1. The molecule has 0 heterocycles. The number of hydrogen-bond donors (Lipinski definition) is 2. The van der Waals surface area contributed by atoms with E-state index < -0.39 is 0 Å². The first-order valence-electron chi connectivity index (χ1n) is 6.62. The molecule has 5 heteroatoms. The number of rotatable bonds is 7. The zero-order valence-corrected chi connectivity index (χ0v) is 12.4. The molecular formula is C14H19BrFNO2. The average molecular weight is 332 g/mol. The molecule has 0 aromatic heterocycles. The van der Waals surface area contributed by atoms with Crippen molar-refractivity contribution < 1.29 is 14.2 Å². The van der Waals surface area contributed by atoms with Crippen LogP contribution in [0.5, 0.6) is 0 Å². The minimum Gasteiger partial charge on any atom is -0.394 e. The van der Waals surface area contributed by atoms with Crippen LogP contribution in [0.2, 0.25) is 0 Å². The summed E-state index contributed by atoms with van der Waals surface area (Å²) in [6.45, 7) is 1.93. The first-order valence-corrected chi connectivity index (χ1v) is 7.42. The van der Waals surface area contributed by atoms with Gasteiger partial charge in [-0.2, -0.15) is 0 Å². The predicted molar refractivity (Wildman–Crippen MR) is 75.7 cm³/mol. The first kappa shape index (κ1) is 14.9. The van der Waals surface area contributed by atoms with Gasteiger partial charge in [0.1, 0.15) is 5.82 Å². The molecule has 1 aromatic carbocycles. The van der Waals surface area contributed by atoms with Crippen LogP contribution >= 0.6 is 15.9 Å². The Hall–Kier alpha value is -0.490. The van der Waals surface area contributed by atoms with Crippen molar-refractivity contribution in [3.63, 3.8) is 0 Å². The van der Waals surface area contributed by atoms with Gasteiger partial charge in [-0.15, -0.1) is 0 Å². The lowest BCUT2D eigenvalue weighted by Crippen LogP contribution is -2.22. The highest BCUT2D eigenvalue weighted by Gasteiger charge is 2.26. The van der Waals surface area contributed by atoms with Crippen molar-refractivity contribution in [3.05, 3.63) is 33.5 Å². The number of aliphatic hydroxyl groups excluding tert-OH is 1. The Bertz CT molecular complexity index is 428. The number of halogens is 2. The molecule has 1 atom stereocenters. The van der Waals surface area contributed by atoms with Crippen molar-refractivity contribution in [2.24, 2.45) is 0 Å². The fraction of sp³-hybridized carbons (Fsp3) is 0.571. The number of hydrogen-bond acceptors (Lipinski definition) is 3. The van der Waals surface area contributed by atoms with E-state index in [0.717, 1.165) is 41.4 Å². The minimum atomic E-state index is -0.103. The Balaban J connectivity index is 1.84. The van der Waals surface area contributed by atoms with Crippen LogP contribution in [0.4, 0.5) is 4.39 Å². The molecule has 19 heavy (non-hydrogen) atoms. The zero-order chi connectivity index (χ0) is 13.7. The summed E-state index contributed by atoms with van der Waals surface area (Å²) in [7, 11) is 0. The van der Waals surface area contributed by atoms with Crippen LogP contribution in [0.3, 0.4) is 0 Å². The van der Waals surface area contributed by atoms with Gasteiger partial charge in [-0.3, -0.25) is 0 Å². The lowest BCUT2D eigenvalue weighted by Gasteiger charge is -2.15. The molecule has 0 spiro atoms. The lowest BCUT2D eigenvalue weighted by molar-refractivity contribution is 0.0904. The minimum absolute atomic E-state index is 0.0651. The molecule has 0 bridgehead atoms. The van der Waals surface area contributed by atoms with E-state index in [0.29, 0.717) is 13.2 Å². The van der Waals surface area contributed by atoms with E-state index in [-0.39, 0.29) is 18.5 Å². The van der Waals surface area contributed by atoms with Crippen LogP contribution in [-0.4, -0.2) is 31.5 Å². The number of benzene rings is 1. The highest BCUT2D eigenvalue weighted by Crippen LogP contribution is 2.37. The summed E-state index contributed by atoms with van der Waals surface area (Å²) in [6, 6.07) is 3.52. The molecule has 0 radical (unpaired) electrons. The topological polar surface area (TPSA) is 41.5 Å². The van der Waals surface area contributed by atoms with Gasteiger partial charge in [-0.1, -0.05) is 15.9 Å². The van der Waals surface area contributed by atoms with Crippen molar-refractivity contribution in [2.45, 2.75) is 25.3 Å². The van der Waals surface area contributed by atoms with Crippen molar-refractivity contribution in [1.82, 2.24) is 5.32 Å². The number of ether oxygens (including phenoxy) is 1. The third-order valence-electron chi connectivity index (χ3n) is 3.37. The van der Waals surface area contributed by atoms with Gasteiger partial charge in [0.25, 0.3) is 0 Å². The number of aliphatic hydroxyl groups is 1. The Kier molecular flexibility index (Phi) is 5.76. The summed E-state index contributed by atoms with van der Waals surface area (Å²) in [4.78, 5) is 0. The summed E-state index contributed by atoms with van der Waals surface area (Å²) in [5, 5.41) is 12.0. The maximum Gasteiger partial charge on any atom is 0.126 e. The van der Waals surface area contributed by atoms with E-state index in [4.69, 9.17) is 9.84 Å². The van der Waals surface area contributed by atoms with Gasteiger partial charge in [0.05, 0.1) is 13.2 Å². The van der Waals surface area contributed by atoms with Crippen LogP contribution in [-0.2, 0) is 11.2 Å². The van der Waals surface area contributed by atoms with E-state index in [9.17, 15) is 4.39 Å². The summed E-state index contributed by atoms with van der Waals surface area (Å²) in [6.07, 6.45) is 2.62. The fourth-order valence-corrected chi connectivity index (χ4v) is 3.14. The van der Waals surface area contributed by atoms with Crippen LogP contribution in [0.25, 0.3) is 0 Å². The Morgan fingerprint density at radius 1 is 1.42 bits per heavy atom. The molecule has 0 fully saturated rings. The fourth-order valence-electron chi connectivity index (χ4n) is 2.49. The molecule has 2 N–H and O–H groups in total. The van der Waals surface area contributed by atoms with Crippen molar-refractivity contribution in [3.8, 4) is 0 Å². The smallest absolute Gasteiger partial charge is 0.126 e. The van der Waals surface area contributed by atoms with E-state index in [1.54, 1.807) is 6.07 Å². The third-order valence-corrected chi connectivity index (χ3v) is 4.06. The molecule has 3 nitrogen and oxygen atoms in total. The quantitative estimate of drug-likeness (QED) is 0.754. The third kappa shape index (κ3) is 3.75. The highest BCUT2D eigenvalue weighted by molar-refractivity contribution is 9.10. The van der Waals surface area contributed by atoms with Crippen molar-refractivity contribution >= 4 is 15.9 Å². The summed E-state index contributed by atoms with van der Waals surface area (Å²) in [5.74, 6) is -0.103. The molecule has 0 amide bonds. The van der Waals surface area contributed by atoms with Crippen LogP contribution < -0.4 is 5.32 Å². The summed E-state index contributed by atoms with van der Waals surface area (Å²) < 4.78 is 19.9. The number of nitrogens with one attached hydrogen (secondary N) is 1. The van der Waals surface area contributed by atoms with Crippen LogP contribution in [0.15, 0.2) is 16.6 Å². The predicted octanol–water partition coefficient (Wildman–Crippen LogP) is 2.56. The van der Waals surface area contributed by atoms with E-state index in [1.165, 1.54) is 6.07 Å². The van der Waals surface area contributed by atoms with Gasteiger partial charge in [-0.25, -0.2) is 4.39 Å². The maximum absolute atomic E-state index is 13.7. The largest absolute Gasteiger partial charge is 0.394 e. The molecule has 1 aromatic rings. The SMILES string of the molecule is OCCOCCCNC1CCc2c(F)ccc(Br)c21. The molecule has 0 aliphatic heterocycles. The van der Waals surface area contributed by atoms with Gasteiger partial charge in [-0.05, 0) is 49.1 Å². The van der Waals surface area contributed by atoms with Crippen molar-refractivity contribution in [1.29, 1.82) is 0 Å². The maximum atomic E-state index is 13.7. The molecule has 1 unspecified atom stereocenters. The molecule has 0 saturated heterocycles. The van der Waals surface area contributed by atoms with Gasteiger partial charge >= 0.3 is 0 Å². The molecular weight excluding hydrogens is 313 g/mol. The second-order valence-electron chi connectivity index (χ2n) is 4.66. The second-order valence-corrected chi connectivity index (χ2v) is 5.51. The highest BCUT2D eigenvalue weighted by atomic mass is 79.9. The van der Waals surface area contributed by atoms with Gasteiger partial charge in [0.2, 0.25) is 0 Å². The molecule has 1 aliphatic carbocycles. The Morgan fingerprint density at radius 2 is 2.26 bits per heavy atom. The van der Waals surface area contributed by atoms with Gasteiger partial charge in [0, 0.05) is 17.1 Å². The normalized spacial score (nSPS) is 17.7. The Labute approximate surface area is 121 Å². The van der Waals surface area contributed by atoms with Gasteiger partial charge in [0.15, 0.2) is 0 Å². The Morgan fingerprint density at radius 3 is 3.05 bits per heavy atom. The first-order chi connectivity index (χ1) is 9.24. The summed E-state index contributed by atoms with van der Waals surface area (Å²) in [5.41, 5.74) is 1.90. The van der Waals surface area contributed by atoms with Crippen LogP contribution in [0.1, 0.15) is 30.0 Å². The monoisotopic (exact) mass is 331 g/mol. The van der Waals surface area contributed by atoms with E-state index >= 15 is 0 Å². The van der Waals surface area contributed by atoms with Gasteiger partial charge < -0.3 is 15.2 Å². The van der Waals surface area contributed by atoms with Crippen LogP contribution in [0, 0.1) is 5.82 Å². The van der Waals surface area contributed by atoms with E-state index in [2.05, 4.69) is 21.2 Å². The molecule has 0 saturated carbocycles. The molecule has 106 valence electrons. The van der Waals surface area contributed by atoms with E-state index in [1.807, 2.05) is 0 Å². The summed E-state index contributed by atoms with van der Waals surface area (Å²) >= 11 is 3.51. The zero-order valence-electron chi connectivity index (χ0n) is 10.8. The molecule has 1 aliphatic rings. The standard InChI is InChI=1S/C14H19BrFNO2/c15-11-3-4-12(16)10-2-5-13(14(10)11)17-6-1-8-19-9-7-18/h3-4,13,17-18H,1-2,5-9H2.